The van der Waals surface area contributed by atoms with Crippen molar-refractivity contribution in [3.8, 4) is 0 Å². The van der Waals surface area contributed by atoms with Gasteiger partial charge in [0.25, 0.3) is 5.41 Å². The summed E-state index contributed by atoms with van der Waals surface area (Å²) in [6.45, 7) is 0. The van der Waals surface area contributed by atoms with Crippen molar-refractivity contribution < 1.29 is 67.0 Å². The molecule has 1 fully saturated rings. The first-order valence-electron chi connectivity index (χ1n) is 7.18. The molecule has 0 saturated heterocycles. The second kappa shape index (κ2) is 6.26. The van der Waals surface area contributed by atoms with Gasteiger partial charge in [0.1, 0.15) is 0 Å². The molecule has 0 amide bonds. The fraction of sp³-hybridized carbons (Fsp3) is 0.400. The average molecular weight is 463 g/mol. The van der Waals surface area contributed by atoms with Gasteiger partial charge in [-0.2, -0.15) is 48.3 Å². The molecule has 1 aliphatic rings. The predicted molar refractivity (Wildman–Crippen MR) is 67.6 cm³/mol. The summed E-state index contributed by atoms with van der Waals surface area (Å²) in [6.07, 6.45) is -8.66. The lowest BCUT2D eigenvalue weighted by Crippen LogP contribution is -2.64. The summed E-state index contributed by atoms with van der Waals surface area (Å²) in [5, 5.41) is 11.7. The van der Waals surface area contributed by atoms with Gasteiger partial charge in [-0.25, -0.2) is 8.78 Å². The molecule has 0 unspecified atom stereocenters. The van der Waals surface area contributed by atoms with Crippen LogP contribution in [-0.2, 0) is 4.79 Å². The zero-order valence-corrected chi connectivity index (χ0v) is 13.5. The van der Waals surface area contributed by atoms with Crippen molar-refractivity contribution in [2.24, 2.45) is 5.41 Å². The maximum absolute atomic E-state index is 13.9. The first-order valence-corrected chi connectivity index (χ1v) is 7.18. The molecule has 0 N–H and O–H groups in total. The van der Waals surface area contributed by atoms with Crippen molar-refractivity contribution in [1.29, 1.82) is 0 Å². The molecule has 1 aliphatic carbocycles. The van der Waals surface area contributed by atoms with Crippen LogP contribution in [0.1, 0.15) is 5.56 Å². The molecular weight excluding hydrogens is 459 g/mol. The molecule has 0 radical (unpaired) electrons. The Kier molecular flexibility index (Phi) is 4.97. The highest BCUT2D eigenvalue weighted by Gasteiger charge is 3.06. The molecular formula is C15H4F13O2-. The largest absolute Gasteiger partial charge is 0.872 e. The van der Waals surface area contributed by atoms with Crippen molar-refractivity contribution in [1.82, 2.24) is 0 Å². The molecule has 0 atom stereocenters. The van der Waals surface area contributed by atoms with E-state index in [2.05, 4.69) is 0 Å². The van der Waals surface area contributed by atoms with Crippen LogP contribution in [0.5, 0.6) is 0 Å². The number of alkyl halides is 11. The minimum absolute atomic E-state index is 0.101. The summed E-state index contributed by atoms with van der Waals surface area (Å²) in [7, 11) is 0. The van der Waals surface area contributed by atoms with Crippen molar-refractivity contribution >= 4 is 11.5 Å². The Labute approximate surface area is 156 Å². The van der Waals surface area contributed by atoms with Gasteiger partial charge in [0.05, 0.1) is 0 Å². The number of allylic oxidation sites excluding steroid dienone is 1. The van der Waals surface area contributed by atoms with Gasteiger partial charge < -0.3 is 5.11 Å². The van der Waals surface area contributed by atoms with Gasteiger partial charge in [-0.3, -0.25) is 4.79 Å². The van der Waals surface area contributed by atoms with Crippen molar-refractivity contribution in [2.45, 2.75) is 29.9 Å². The lowest BCUT2D eigenvalue weighted by Gasteiger charge is -2.37. The van der Waals surface area contributed by atoms with Crippen LogP contribution in [-0.4, -0.2) is 35.6 Å². The van der Waals surface area contributed by atoms with Crippen LogP contribution in [0.2, 0.25) is 0 Å². The summed E-state index contributed by atoms with van der Waals surface area (Å²) in [5.74, 6) is -39.2. The zero-order valence-electron chi connectivity index (χ0n) is 13.5. The van der Waals surface area contributed by atoms with E-state index in [-0.39, 0.29) is 18.2 Å². The van der Waals surface area contributed by atoms with Gasteiger partial charge in [0.2, 0.25) is 0 Å². The highest BCUT2D eigenvalue weighted by molar-refractivity contribution is 6.02. The third kappa shape index (κ3) is 2.49. The highest BCUT2D eigenvalue weighted by atomic mass is 19.4. The van der Waals surface area contributed by atoms with Crippen molar-refractivity contribution in [3.63, 3.8) is 0 Å². The normalized spacial score (nSPS) is 24.0. The lowest BCUT2D eigenvalue weighted by atomic mass is 9.74. The smallest absolute Gasteiger partial charge is 0.414 e. The minimum Gasteiger partial charge on any atom is -0.872 e. The molecule has 0 bridgehead atoms. The third-order valence-corrected chi connectivity index (χ3v) is 4.39. The van der Waals surface area contributed by atoms with Crippen LogP contribution < -0.4 is 5.11 Å². The van der Waals surface area contributed by atoms with E-state index in [1.807, 2.05) is 0 Å². The number of rotatable bonds is 3. The summed E-state index contributed by atoms with van der Waals surface area (Å²) < 4.78 is 174. The van der Waals surface area contributed by atoms with E-state index in [1.54, 1.807) is 0 Å². The number of halogens is 13. The van der Waals surface area contributed by atoms with Crippen LogP contribution in [0.25, 0.3) is 5.76 Å². The summed E-state index contributed by atoms with van der Waals surface area (Å²) in [5.41, 5.74) is -8.31. The Bertz CT molecular complexity index is 888. The van der Waals surface area contributed by atoms with E-state index in [0.717, 1.165) is 0 Å². The second-order valence-electron chi connectivity index (χ2n) is 6.05. The molecule has 0 aliphatic heterocycles. The number of hydrogen-bond donors (Lipinski definition) is 0. The van der Waals surface area contributed by atoms with E-state index in [0.29, 0.717) is 0 Å². The molecule has 1 aromatic carbocycles. The van der Waals surface area contributed by atoms with E-state index >= 15 is 0 Å². The molecule has 30 heavy (non-hydrogen) atoms. The summed E-state index contributed by atoms with van der Waals surface area (Å²) >= 11 is 0. The van der Waals surface area contributed by atoms with Gasteiger partial charge in [-0.15, -0.1) is 0 Å². The number of ketones is 1. The van der Waals surface area contributed by atoms with Gasteiger partial charge in [-0.1, -0.05) is 11.8 Å². The molecule has 2 rings (SSSR count). The number of benzene rings is 1. The zero-order chi connectivity index (χ0) is 23.7. The first-order chi connectivity index (χ1) is 13.2. The third-order valence-electron chi connectivity index (χ3n) is 4.39. The van der Waals surface area contributed by atoms with Crippen LogP contribution in [0.3, 0.4) is 0 Å². The van der Waals surface area contributed by atoms with Gasteiger partial charge in [-0.05, 0) is 23.8 Å². The standard InChI is InChI=1S/C15H5F13O2/c16-6-2-1-5(3-7(6)17)8(29)4-9(30)10(15(26,27)28)11(18,19)13(22,23)14(24,25)12(10,20)21/h1-4,29H/p-1/b8-4-. The summed E-state index contributed by atoms with van der Waals surface area (Å²) in [4.78, 5) is 11.8. The molecule has 0 spiro atoms. The SMILES string of the molecule is O=C(/C=C(\[O-])c1ccc(F)c(F)c1)C1(C(F)(F)F)C(F)(F)C(F)(F)C(F)(F)C1(F)F. The Morgan fingerprint density at radius 3 is 1.60 bits per heavy atom. The van der Waals surface area contributed by atoms with E-state index in [9.17, 15) is 67.0 Å². The average Bonchev–Trinajstić information content (AvgIpc) is 2.61. The Morgan fingerprint density at radius 1 is 0.800 bits per heavy atom. The van der Waals surface area contributed by atoms with Gasteiger partial charge in [0.15, 0.2) is 17.4 Å². The summed E-state index contributed by atoms with van der Waals surface area (Å²) in [6, 6.07) is 0.316. The Balaban J connectivity index is 2.83. The Hall–Kier alpha value is -2.48. The maximum Gasteiger partial charge on any atom is 0.414 e. The van der Waals surface area contributed by atoms with Crippen LogP contribution in [0.4, 0.5) is 57.1 Å². The van der Waals surface area contributed by atoms with Crippen LogP contribution >= 0.6 is 0 Å². The van der Waals surface area contributed by atoms with E-state index < -0.39 is 70.1 Å². The van der Waals surface area contributed by atoms with Crippen molar-refractivity contribution in [3.05, 3.63) is 41.5 Å². The molecule has 2 nitrogen and oxygen atoms in total. The molecule has 15 heteroatoms. The first kappa shape index (κ1) is 23.8. The fourth-order valence-electron chi connectivity index (χ4n) is 2.83. The van der Waals surface area contributed by atoms with Gasteiger partial charge in [0, 0.05) is 0 Å². The molecule has 168 valence electrons. The highest BCUT2D eigenvalue weighted by Crippen LogP contribution is 2.75. The maximum atomic E-state index is 13.9. The molecule has 0 aromatic heterocycles. The second-order valence-corrected chi connectivity index (χ2v) is 6.05. The minimum atomic E-state index is -7.43. The van der Waals surface area contributed by atoms with Crippen molar-refractivity contribution in [2.75, 3.05) is 0 Å². The number of carbonyl (C=O) groups is 1. The molecule has 0 heterocycles. The molecule has 1 aromatic rings. The van der Waals surface area contributed by atoms with E-state index in [4.69, 9.17) is 0 Å². The number of hydrogen-bond acceptors (Lipinski definition) is 2. The number of carbonyl (C=O) groups excluding carboxylic acids is 1. The fourth-order valence-corrected chi connectivity index (χ4v) is 2.83. The van der Waals surface area contributed by atoms with E-state index in [1.165, 1.54) is 0 Å². The topological polar surface area (TPSA) is 40.1 Å². The predicted octanol–water partition coefficient (Wildman–Crippen LogP) is 4.34. The lowest BCUT2D eigenvalue weighted by molar-refractivity contribution is -0.341. The van der Waals surface area contributed by atoms with Crippen LogP contribution in [0, 0.1) is 17.0 Å². The quantitative estimate of drug-likeness (QED) is 0.381. The Morgan fingerprint density at radius 2 is 1.23 bits per heavy atom. The van der Waals surface area contributed by atoms with Crippen LogP contribution in [0.15, 0.2) is 24.3 Å². The monoisotopic (exact) mass is 463 g/mol. The molecule has 1 saturated carbocycles. The van der Waals surface area contributed by atoms with Gasteiger partial charge >= 0.3 is 29.9 Å².